The quantitative estimate of drug-likeness (QED) is 0.893. The summed E-state index contributed by atoms with van der Waals surface area (Å²) in [6, 6.07) is 11.8. The largest absolute Gasteiger partial charge is 0.493 e. The molecule has 0 fully saturated rings. The molecule has 0 aliphatic carbocycles. The number of amides is 1. The molecule has 0 radical (unpaired) electrons. The molecule has 24 heavy (non-hydrogen) atoms. The van der Waals surface area contributed by atoms with E-state index in [2.05, 4.69) is 5.32 Å². The summed E-state index contributed by atoms with van der Waals surface area (Å²) in [6.07, 6.45) is 0.621. The van der Waals surface area contributed by atoms with Crippen LogP contribution in [0.3, 0.4) is 0 Å². The number of nitrogens with one attached hydrogen (secondary N) is 1. The maximum Gasteiger partial charge on any atom is 0.228 e. The average molecular weight is 348 g/mol. The van der Waals surface area contributed by atoms with Crippen molar-refractivity contribution >= 4 is 17.5 Å². The van der Waals surface area contributed by atoms with Gasteiger partial charge in [0.25, 0.3) is 0 Å². The van der Waals surface area contributed by atoms with Crippen LogP contribution in [0.5, 0.6) is 5.75 Å². The lowest BCUT2D eigenvalue weighted by molar-refractivity contribution is -0.124. The van der Waals surface area contributed by atoms with Crippen molar-refractivity contribution in [1.82, 2.24) is 5.32 Å². The molecule has 126 valence electrons. The first-order valence-corrected chi connectivity index (χ1v) is 8.25. The molecule has 5 heteroatoms. The van der Waals surface area contributed by atoms with E-state index >= 15 is 0 Å². The summed E-state index contributed by atoms with van der Waals surface area (Å²) in [5.74, 6) is -0.00431. The molecule has 3 nitrogen and oxygen atoms in total. The summed E-state index contributed by atoms with van der Waals surface area (Å²) in [7, 11) is 0. The molecule has 1 unspecified atom stereocenters. The van der Waals surface area contributed by atoms with E-state index in [1.807, 2.05) is 38.1 Å². The van der Waals surface area contributed by atoms with E-state index in [-0.39, 0.29) is 11.8 Å². The summed E-state index contributed by atoms with van der Waals surface area (Å²) in [6.45, 7) is 4.22. The standard InChI is InChI=1S/C19H19ClFNO2/c1-19(2,15-8-7-12(21)11-16(15)20)22-18(23)14-9-10-24-17-6-4-3-5-13(14)17/h3-8,11,14H,9-10H2,1-2H3,(H,22,23). The number of para-hydroxylation sites is 1. The Hall–Kier alpha value is -2.07. The van der Waals surface area contributed by atoms with Gasteiger partial charge in [0.2, 0.25) is 5.91 Å². The zero-order valence-corrected chi connectivity index (χ0v) is 14.4. The first kappa shape index (κ1) is 16.8. The number of rotatable bonds is 3. The van der Waals surface area contributed by atoms with Crippen molar-refractivity contribution in [3.8, 4) is 5.75 Å². The normalized spacial score (nSPS) is 16.9. The van der Waals surface area contributed by atoms with Crippen LogP contribution < -0.4 is 10.1 Å². The van der Waals surface area contributed by atoms with Crippen molar-refractivity contribution in [1.29, 1.82) is 0 Å². The van der Waals surface area contributed by atoms with Gasteiger partial charge in [-0.15, -0.1) is 0 Å². The number of hydrogen-bond donors (Lipinski definition) is 1. The minimum atomic E-state index is -0.713. The van der Waals surface area contributed by atoms with Crippen molar-refractivity contribution < 1.29 is 13.9 Å². The van der Waals surface area contributed by atoms with Gasteiger partial charge in [0.1, 0.15) is 11.6 Å². The minimum Gasteiger partial charge on any atom is -0.493 e. The molecule has 1 heterocycles. The second kappa shape index (κ2) is 6.44. The van der Waals surface area contributed by atoms with Gasteiger partial charge in [-0.05, 0) is 44.0 Å². The van der Waals surface area contributed by atoms with Gasteiger partial charge < -0.3 is 10.1 Å². The first-order valence-electron chi connectivity index (χ1n) is 7.88. The molecule has 3 rings (SSSR count). The highest BCUT2D eigenvalue weighted by Crippen LogP contribution is 2.35. The van der Waals surface area contributed by atoms with Crippen molar-refractivity contribution in [2.75, 3.05) is 6.61 Å². The Kier molecular flexibility index (Phi) is 4.50. The molecule has 0 aromatic heterocycles. The molecule has 0 saturated heterocycles. The zero-order valence-electron chi connectivity index (χ0n) is 13.6. The number of carbonyl (C=O) groups excluding carboxylic acids is 1. The second-order valence-corrected chi connectivity index (χ2v) is 6.87. The zero-order chi connectivity index (χ0) is 17.3. The summed E-state index contributed by atoms with van der Waals surface area (Å²) in [4.78, 5) is 12.8. The van der Waals surface area contributed by atoms with Crippen molar-refractivity contribution in [3.63, 3.8) is 0 Å². The van der Waals surface area contributed by atoms with Crippen LogP contribution in [0.2, 0.25) is 5.02 Å². The second-order valence-electron chi connectivity index (χ2n) is 6.47. The third kappa shape index (κ3) is 3.24. The minimum absolute atomic E-state index is 0.0869. The Bertz CT molecular complexity index is 776. The van der Waals surface area contributed by atoms with Crippen LogP contribution in [0.4, 0.5) is 4.39 Å². The van der Waals surface area contributed by atoms with Gasteiger partial charge in [-0.3, -0.25) is 4.79 Å². The Morgan fingerprint density at radius 3 is 2.79 bits per heavy atom. The van der Waals surface area contributed by atoms with Crippen LogP contribution in [0.25, 0.3) is 0 Å². The predicted octanol–water partition coefficient (Wildman–Crippen LogP) is 4.40. The topological polar surface area (TPSA) is 38.3 Å². The SMILES string of the molecule is CC(C)(NC(=O)C1CCOc2ccccc21)c1ccc(F)cc1Cl. The van der Waals surface area contributed by atoms with Gasteiger partial charge in [-0.1, -0.05) is 35.9 Å². The van der Waals surface area contributed by atoms with E-state index in [0.29, 0.717) is 23.6 Å². The molecule has 2 aromatic carbocycles. The molecule has 1 N–H and O–H groups in total. The van der Waals surface area contributed by atoms with Crippen molar-refractivity contribution in [3.05, 3.63) is 64.4 Å². The van der Waals surface area contributed by atoms with E-state index in [1.54, 1.807) is 6.07 Å². The molecular weight excluding hydrogens is 329 g/mol. The van der Waals surface area contributed by atoms with Crippen LogP contribution in [0, 0.1) is 5.82 Å². The highest BCUT2D eigenvalue weighted by atomic mass is 35.5. The fraction of sp³-hybridized carbons (Fsp3) is 0.316. The lowest BCUT2D eigenvalue weighted by Crippen LogP contribution is -2.44. The third-order valence-corrected chi connectivity index (χ3v) is 4.63. The monoisotopic (exact) mass is 347 g/mol. The Labute approximate surface area is 145 Å². The van der Waals surface area contributed by atoms with Gasteiger partial charge in [-0.25, -0.2) is 4.39 Å². The van der Waals surface area contributed by atoms with Crippen LogP contribution in [-0.4, -0.2) is 12.5 Å². The maximum atomic E-state index is 13.3. The van der Waals surface area contributed by atoms with Crippen LogP contribution in [0.15, 0.2) is 42.5 Å². The van der Waals surface area contributed by atoms with E-state index in [0.717, 1.165) is 11.3 Å². The third-order valence-electron chi connectivity index (χ3n) is 4.32. The molecule has 0 spiro atoms. The number of carbonyl (C=O) groups is 1. The van der Waals surface area contributed by atoms with Crippen molar-refractivity contribution in [2.24, 2.45) is 0 Å². The summed E-state index contributed by atoms with van der Waals surface area (Å²) >= 11 is 6.15. The lowest BCUT2D eigenvalue weighted by atomic mass is 9.89. The van der Waals surface area contributed by atoms with E-state index in [9.17, 15) is 9.18 Å². The van der Waals surface area contributed by atoms with Gasteiger partial charge in [0, 0.05) is 10.6 Å². The molecule has 1 amide bonds. The van der Waals surface area contributed by atoms with E-state index < -0.39 is 11.4 Å². The summed E-state index contributed by atoms with van der Waals surface area (Å²) < 4.78 is 18.9. The molecule has 1 atom stereocenters. The number of ether oxygens (including phenoxy) is 1. The predicted molar refractivity (Wildman–Crippen MR) is 91.9 cm³/mol. The highest BCUT2D eigenvalue weighted by Gasteiger charge is 2.32. The molecule has 1 aliphatic heterocycles. The number of fused-ring (bicyclic) bond motifs is 1. The fourth-order valence-corrected chi connectivity index (χ4v) is 3.48. The molecular formula is C19H19ClFNO2. The van der Waals surface area contributed by atoms with Crippen LogP contribution >= 0.6 is 11.6 Å². The molecule has 1 aliphatic rings. The average Bonchev–Trinajstić information content (AvgIpc) is 2.53. The molecule has 0 bridgehead atoms. The van der Waals surface area contributed by atoms with E-state index in [1.165, 1.54) is 12.1 Å². The van der Waals surface area contributed by atoms with Gasteiger partial charge in [-0.2, -0.15) is 0 Å². The molecule has 0 saturated carbocycles. The van der Waals surface area contributed by atoms with Crippen LogP contribution in [-0.2, 0) is 10.3 Å². The maximum absolute atomic E-state index is 13.3. The summed E-state index contributed by atoms with van der Waals surface area (Å²) in [5, 5.41) is 3.34. The summed E-state index contributed by atoms with van der Waals surface area (Å²) in [5.41, 5.74) is 0.858. The smallest absolute Gasteiger partial charge is 0.228 e. The Morgan fingerprint density at radius 1 is 1.29 bits per heavy atom. The number of hydrogen-bond acceptors (Lipinski definition) is 2. The first-order chi connectivity index (χ1) is 11.4. The van der Waals surface area contributed by atoms with E-state index in [4.69, 9.17) is 16.3 Å². The Balaban J connectivity index is 1.84. The fourth-order valence-electron chi connectivity index (χ4n) is 3.07. The Morgan fingerprint density at radius 2 is 2.04 bits per heavy atom. The van der Waals surface area contributed by atoms with Crippen LogP contribution in [0.1, 0.15) is 37.3 Å². The van der Waals surface area contributed by atoms with Gasteiger partial charge >= 0.3 is 0 Å². The number of halogens is 2. The van der Waals surface area contributed by atoms with Crippen molar-refractivity contribution in [2.45, 2.75) is 31.7 Å². The highest BCUT2D eigenvalue weighted by molar-refractivity contribution is 6.31. The number of benzene rings is 2. The van der Waals surface area contributed by atoms with Gasteiger partial charge in [0.05, 0.1) is 18.1 Å². The molecule has 2 aromatic rings. The lowest BCUT2D eigenvalue weighted by Gasteiger charge is -2.32. The van der Waals surface area contributed by atoms with Gasteiger partial charge in [0.15, 0.2) is 0 Å².